The molecule has 2 N–H and O–H groups in total. The van der Waals surface area contributed by atoms with Gasteiger partial charge in [0.05, 0.1) is 11.8 Å². The largest absolute Gasteiger partial charge is 0.459 e. The summed E-state index contributed by atoms with van der Waals surface area (Å²) in [5.41, 5.74) is 5.68. The molecule has 2 aromatic rings. The number of hydrogen-bond donors (Lipinski definition) is 2. The SMILES string of the molecule is Cc1ccc(C(=O)NNC(=O)c2ccco2)cn1. The Labute approximate surface area is 103 Å². The van der Waals surface area contributed by atoms with Gasteiger partial charge in [0.2, 0.25) is 0 Å². The lowest BCUT2D eigenvalue weighted by atomic mass is 10.2. The molecule has 0 bridgehead atoms. The molecule has 0 aromatic carbocycles. The molecule has 0 radical (unpaired) electrons. The summed E-state index contributed by atoms with van der Waals surface area (Å²) in [6.07, 6.45) is 2.81. The van der Waals surface area contributed by atoms with Crippen LogP contribution in [0.15, 0.2) is 41.1 Å². The number of carbonyl (C=O) groups is 2. The van der Waals surface area contributed by atoms with Crippen molar-refractivity contribution in [3.8, 4) is 0 Å². The molecule has 0 unspecified atom stereocenters. The standard InChI is InChI=1S/C12H11N3O3/c1-8-4-5-9(7-13-8)11(16)14-15-12(17)10-3-2-6-18-10/h2-7H,1H3,(H,14,16)(H,15,17). The van der Waals surface area contributed by atoms with Gasteiger partial charge in [0.25, 0.3) is 5.91 Å². The van der Waals surface area contributed by atoms with E-state index in [-0.39, 0.29) is 5.76 Å². The number of furan rings is 1. The van der Waals surface area contributed by atoms with Gasteiger partial charge in [-0.05, 0) is 31.2 Å². The minimum absolute atomic E-state index is 0.123. The van der Waals surface area contributed by atoms with Gasteiger partial charge in [-0.25, -0.2) is 0 Å². The topological polar surface area (TPSA) is 84.2 Å². The summed E-state index contributed by atoms with van der Waals surface area (Å²) < 4.78 is 4.87. The third-order valence-electron chi connectivity index (χ3n) is 2.21. The van der Waals surface area contributed by atoms with Crippen LogP contribution in [0, 0.1) is 6.92 Å². The van der Waals surface area contributed by atoms with Crippen molar-refractivity contribution in [2.75, 3.05) is 0 Å². The second-order valence-corrected chi connectivity index (χ2v) is 3.57. The zero-order chi connectivity index (χ0) is 13.0. The Morgan fingerprint density at radius 3 is 2.56 bits per heavy atom. The first-order valence-corrected chi connectivity index (χ1v) is 5.23. The summed E-state index contributed by atoms with van der Waals surface area (Å²) in [5, 5.41) is 0. The molecule has 0 atom stereocenters. The maximum atomic E-state index is 11.6. The minimum Gasteiger partial charge on any atom is -0.459 e. The maximum absolute atomic E-state index is 11.6. The molecule has 0 spiro atoms. The molecule has 92 valence electrons. The Morgan fingerprint density at radius 1 is 1.17 bits per heavy atom. The zero-order valence-electron chi connectivity index (χ0n) is 9.64. The number of aromatic nitrogens is 1. The second-order valence-electron chi connectivity index (χ2n) is 3.57. The van der Waals surface area contributed by atoms with E-state index in [2.05, 4.69) is 15.8 Å². The number of nitrogens with one attached hydrogen (secondary N) is 2. The molecule has 6 nitrogen and oxygen atoms in total. The van der Waals surface area contributed by atoms with E-state index < -0.39 is 11.8 Å². The summed E-state index contributed by atoms with van der Waals surface area (Å²) in [7, 11) is 0. The molecule has 0 saturated carbocycles. The van der Waals surface area contributed by atoms with E-state index in [1.54, 1.807) is 18.2 Å². The molecule has 2 amide bonds. The molecule has 2 heterocycles. The van der Waals surface area contributed by atoms with Crippen LogP contribution < -0.4 is 10.9 Å². The zero-order valence-corrected chi connectivity index (χ0v) is 9.64. The van der Waals surface area contributed by atoms with E-state index in [9.17, 15) is 9.59 Å². The van der Waals surface area contributed by atoms with Gasteiger partial charge in [0.1, 0.15) is 0 Å². The average molecular weight is 245 g/mol. The van der Waals surface area contributed by atoms with E-state index in [1.807, 2.05) is 6.92 Å². The molecule has 0 saturated heterocycles. The number of carbonyl (C=O) groups excluding carboxylic acids is 2. The van der Waals surface area contributed by atoms with Crippen LogP contribution in [-0.2, 0) is 0 Å². The van der Waals surface area contributed by atoms with Gasteiger partial charge in [0.15, 0.2) is 5.76 Å². The van der Waals surface area contributed by atoms with Gasteiger partial charge in [-0.3, -0.25) is 25.4 Å². The van der Waals surface area contributed by atoms with E-state index in [0.717, 1.165) is 5.69 Å². The quantitative estimate of drug-likeness (QED) is 0.775. The lowest BCUT2D eigenvalue weighted by molar-refractivity contribution is 0.0830. The van der Waals surface area contributed by atoms with Crippen LogP contribution in [0.2, 0.25) is 0 Å². The van der Waals surface area contributed by atoms with E-state index >= 15 is 0 Å². The summed E-state index contributed by atoms with van der Waals surface area (Å²) in [5.74, 6) is -0.840. The van der Waals surface area contributed by atoms with Gasteiger partial charge in [-0.1, -0.05) is 0 Å². The number of pyridine rings is 1. The lowest BCUT2D eigenvalue weighted by Crippen LogP contribution is -2.41. The maximum Gasteiger partial charge on any atom is 0.305 e. The van der Waals surface area contributed by atoms with Crippen LogP contribution in [0.4, 0.5) is 0 Å². The number of hydrogen-bond acceptors (Lipinski definition) is 4. The third kappa shape index (κ3) is 2.73. The van der Waals surface area contributed by atoms with Gasteiger partial charge in [-0.2, -0.15) is 0 Å². The molecule has 2 aromatic heterocycles. The smallest absolute Gasteiger partial charge is 0.305 e. The summed E-state index contributed by atoms with van der Waals surface area (Å²) >= 11 is 0. The summed E-state index contributed by atoms with van der Waals surface area (Å²) in [6, 6.07) is 6.41. The van der Waals surface area contributed by atoms with Gasteiger partial charge in [-0.15, -0.1) is 0 Å². The highest BCUT2D eigenvalue weighted by Crippen LogP contribution is 2.00. The van der Waals surface area contributed by atoms with E-state index in [1.165, 1.54) is 18.5 Å². The molecule has 0 aliphatic carbocycles. The Bertz CT molecular complexity index is 546. The van der Waals surface area contributed by atoms with Crippen molar-refractivity contribution in [1.82, 2.24) is 15.8 Å². The lowest BCUT2D eigenvalue weighted by Gasteiger charge is -2.05. The monoisotopic (exact) mass is 245 g/mol. The fraction of sp³-hybridized carbons (Fsp3) is 0.0833. The predicted octanol–water partition coefficient (Wildman–Crippen LogP) is 1.06. The van der Waals surface area contributed by atoms with Crippen molar-refractivity contribution >= 4 is 11.8 Å². The number of rotatable bonds is 2. The Kier molecular flexibility index (Phi) is 3.38. The van der Waals surface area contributed by atoms with Crippen LogP contribution in [0.25, 0.3) is 0 Å². The number of hydrazine groups is 1. The van der Waals surface area contributed by atoms with Crippen molar-refractivity contribution in [2.45, 2.75) is 6.92 Å². The van der Waals surface area contributed by atoms with E-state index in [0.29, 0.717) is 5.56 Å². The first-order valence-electron chi connectivity index (χ1n) is 5.23. The van der Waals surface area contributed by atoms with Crippen molar-refractivity contribution in [3.63, 3.8) is 0 Å². The fourth-order valence-corrected chi connectivity index (χ4v) is 1.26. The Hall–Kier alpha value is -2.63. The molecular formula is C12H11N3O3. The fourth-order valence-electron chi connectivity index (χ4n) is 1.26. The summed E-state index contributed by atoms with van der Waals surface area (Å²) in [4.78, 5) is 27.1. The highest BCUT2D eigenvalue weighted by molar-refractivity contribution is 5.97. The van der Waals surface area contributed by atoms with E-state index in [4.69, 9.17) is 4.42 Å². The Morgan fingerprint density at radius 2 is 1.94 bits per heavy atom. The van der Waals surface area contributed by atoms with Crippen molar-refractivity contribution in [1.29, 1.82) is 0 Å². The molecule has 6 heteroatoms. The molecule has 18 heavy (non-hydrogen) atoms. The number of nitrogens with zero attached hydrogens (tertiary/aromatic N) is 1. The molecule has 2 rings (SSSR count). The minimum atomic E-state index is -0.520. The molecule has 0 aliphatic rings. The molecule has 0 fully saturated rings. The van der Waals surface area contributed by atoms with Crippen LogP contribution in [0.3, 0.4) is 0 Å². The molecule has 0 aliphatic heterocycles. The summed E-state index contributed by atoms with van der Waals surface area (Å²) in [6.45, 7) is 1.82. The normalized spacial score (nSPS) is 9.83. The van der Waals surface area contributed by atoms with Crippen LogP contribution in [0.1, 0.15) is 26.6 Å². The van der Waals surface area contributed by atoms with Gasteiger partial charge < -0.3 is 4.42 Å². The number of amides is 2. The predicted molar refractivity (Wildman–Crippen MR) is 62.6 cm³/mol. The van der Waals surface area contributed by atoms with Crippen LogP contribution >= 0.6 is 0 Å². The first kappa shape index (κ1) is 11.8. The highest BCUT2D eigenvalue weighted by Gasteiger charge is 2.10. The van der Waals surface area contributed by atoms with Gasteiger partial charge in [0, 0.05) is 11.9 Å². The first-order chi connectivity index (χ1) is 8.66. The average Bonchev–Trinajstić information content (AvgIpc) is 2.90. The highest BCUT2D eigenvalue weighted by atomic mass is 16.3. The van der Waals surface area contributed by atoms with Crippen molar-refractivity contribution < 1.29 is 14.0 Å². The second kappa shape index (κ2) is 5.13. The van der Waals surface area contributed by atoms with Crippen molar-refractivity contribution in [3.05, 3.63) is 53.7 Å². The van der Waals surface area contributed by atoms with Crippen LogP contribution in [0.5, 0.6) is 0 Å². The number of aryl methyl sites for hydroxylation is 1. The third-order valence-corrected chi connectivity index (χ3v) is 2.21. The Balaban J connectivity index is 1.92. The van der Waals surface area contributed by atoms with Crippen molar-refractivity contribution in [2.24, 2.45) is 0 Å². The van der Waals surface area contributed by atoms with Crippen LogP contribution in [-0.4, -0.2) is 16.8 Å². The molecular weight excluding hydrogens is 234 g/mol. The van der Waals surface area contributed by atoms with Gasteiger partial charge >= 0.3 is 5.91 Å².